The number of aromatic nitrogens is 1. The summed E-state index contributed by atoms with van der Waals surface area (Å²) in [6, 6.07) is 9.72. The van der Waals surface area contributed by atoms with E-state index in [0.29, 0.717) is 0 Å². The Hall–Kier alpha value is -2.21. The second-order valence-electron chi connectivity index (χ2n) is 5.44. The van der Waals surface area contributed by atoms with Crippen LogP contribution in [0.4, 0.5) is 0 Å². The van der Waals surface area contributed by atoms with Gasteiger partial charge in [0.2, 0.25) is 0 Å². The normalized spacial score (nSPS) is 21.1. The molecule has 0 saturated carbocycles. The van der Waals surface area contributed by atoms with Gasteiger partial charge < -0.3 is 5.32 Å². The lowest BCUT2D eigenvalue weighted by atomic mass is 9.90. The van der Waals surface area contributed by atoms with Crippen LogP contribution in [0.25, 0.3) is 11.1 Å². The molecule has 1 aromatic carbocycles. The van der Waals surface area contributed by atoms with Gasteiger partial charge >= 0.3 is 0 Å². The largest absolute Gasteiger partial charge is 0.338 e. The second-order valence-corrected chi connectivity index (χ2v) is 6.35. The number of halogens is 1. The van der Waals surface area contributed by atoms with Gasteiger partial charge in [-0.05, 0) is 46.1 Å². The Morgan fingerprint density at radius 1 is 1.27 bits per heavy atom. The number of hydrogen-bond acceptors (Lipinski definition) is 3. The van der Waals surface area contributed by atoms with Crippen molar-refractivity contribution in [3.05, 3.63) is 52.8 Å². The van der Waals surface area contributed by atoms with Gasteiger partial charge in [0, 0.05) is 29.5 Å². The van der Waals surface area contributed by atoms with Gasteiger partial charge in [0.15, 0.2) is 5.96 Å². The van der Waals surface area contributed by atoms with Crippen molar-refractivity contribution in [2.45, 2.75) is 12.5 Å². The Labute approximate surface area is 137 Å². The lowest BCUT2D eigenvalue weighted by Gasteiger charge is -2.22. The lowest BCUT2D eigenvalue weighted by molar-refractivity contribution is -0.129. The Balaban J connectivity index is 2.05. The molecule has 1 saturated heterocycles. The molecule has 0 bridgehead atoms. The molecule has 2 aromatic rings. The van der Waals surface area contributed by atoms with Gasteiger partial charge in [-0.15, -0.1) is 0 Å². The van der Waals surface area contributed by atoms with Crippen molar-refractivity contribution < 1.29 is 4.79 Å². The molecule has 1 unspecified atom stereocenters. The van der Waals surface area contributed by atoms with Crippen molar-refractivity contribution in [2.75, 3.05) is 7.05 Å². The molecule has 5 nitrogen and oxygen atoms in total. The number of likely N-dealkylation sites (N-methyl/N-ethyl adjacent to an activating group) is 1. The van der Waals surface area contributed by atoms with E-state index in [1.54, 1.807) is 26.4 Å². The highest BCUT2D eigenvalue weighted by atomic mass is 79.9. The first-order chi connectivity index (χ1) is 10.4. The van der Waals surface area contributed by atoms with E-state index in [-0.39, 0.29) is 11.9 Å². The van der Waals surface area contributed by atoms with E-state index in [1.807, 2.05) is 30.3 Å². The first kappa shape index (κ1) is 14.7. The van der Waals surface area contributed by atoms with Gasteiger partial charge in [-0.3, -0.25) is 20.1 Å². The van der Waals surface area contributed by atoms with Crippen LogP contribution < -0.4 is 5.32 Å². The molecule has 22 heavy (non-hydrogen) atoms. The van der Waals surface area contributed by atoms with Crippen LogP contribution in [0.1, 0.15) is 12.5 Å². The van der Waals surface area contributed by atoms with Gasteiger partial charge in [0.25, 0.3) is 5.91 Å². The number of rotatable bonds is 2. The number of carbonyl (C=O) groups is 1. The van der Waals surface area contributed by atoms with Gasteiger partial charge in [0.05, 0.1) is 0 Å². The highest BCUT2D eigenvalue weighted by Crippen LogP contribution is 2.31. The van der Waals surface area contributed by atoms with Crippen molar-refractivity contribution in [3.8, 4) is 11.1 Å². The summed E-state index contributed by atoms with van der Waals surface area (Å²) in [4.78, 5) is 17.9. The molecule has 2 N–H and O–H groups in total. The first-order valence-electron chi connectivity index (χ1n) is 6.78. The standard InChI is InChI=1S/C16H15BrN4O/c1-16(14(22)21(2)15(18)20-16)12-5-3-4-10(6-12)11-7-13(17)9-19-8-11/h3-9H,1-2H3,(H2,18,20). The predicted octanol–water partition coefficient (Wildman–Crippen LogP) is 2.72. The van der Waals surface area contributed by atoms with E-state index >= 15 is 0 Å². The van der Waals surface area contributed by atoms with Crippen molar-refractivity contribution in [3.63, 3.8) is 0 Å². The fourth-order valence-electron chi connectivity index (χ4n) is 2.59. The molecule has 2 heterocycles. The summed E-state index contributed by atoms with van der Waals surface area (Å²) in [7, 11) is 1.60. The fraction of sp³-hybridized carbons (Fsp3) is 0.188. The number of amides is 1. The maximum atomic E-state index is 12.4. The van der Waals surface area contributed by atoms with Crippen LogP contribution in [-0.2, 0) is 10.3 Å². The molecule has 1 aliphatic rings. The van der Waals surface area contributed by atoms with Gasteiger partial charge in [-0.1, -0.05) is 18.2 Å². The number of pyridine rings is 1. The minimum absolute atomic E-state index is 0.113. The van der Waals surface area contributed by atoms with Crippen molar-refractivity contribution >= 4 is 27.8 Å². The van der Waals surface area contributed by atoms with Crippen molar-refractivity contribution in [1.29, 1.82) is 5.41 Å². The molecule has 0 spiro atoms. The molecular formula is C16H15BrN4O. The molecule has 6 heteroatoms. The van der Waals surface area contributed by atoms with Crippen molar-refractivity contribution in [2.24, 2.45) is 0 Å². The zero-order valence-electron chi connectivity index (χ0n) is 12.2. The molecular weight excluding hydrogens is 344 g/mol. The zero-order chi connectivity index (χ0) is 15.9. The third-order valence-electron chi connectivity index (χ3n) is 3.91. The maximum Gasteiger partial charge on any atom is 0.259 e. The molecule has 0 aliphatic carbocycles. The number of hydrogen-bond donors (Lipinski definition) is 2. The molecule has 1 atom stereocenters. The summed E-state index contributed by atoms with van der Waals surface area (Å²) in [5.41, 5.74) is 1.85. The van der Waals surface area contributed by atoms with Crippen LogP contribution in [0.5, 0.6) is 0 Å². The summed E-state index contributed by atoms with van der Waals surface area (Å²) in [6.07, 6.45) is 3.51. The van der Waals surface area contributed by atoms with E-state index < -0.39 is 5.54 Å². The quantitative estimate of drug-likeness (QED) is 0.866. The van der Waals surface area contributed by atoms with Crippen LogP contribution in [0.2, 0.25) is 0 Å². The second kappa shape index (κ2) is 5.21. The number of carbonyl (C=O) groups excluding carboxylic acids is 1. The Morgan fingerprint density at radius 2 is 2.05 bits per heavy atom. The molecule has 1 amide bonds. The topological polar surface area (TPSA) is 69.1 Å². The minimum Gasteiger partial charge on any atom is -0.338 e. The molecule has 3 rings (SSSR count). The van der Waals surface area contributed by atoms with E-state index in [4.69, 9.17) is 5.41 Å². The molecule has 0 radical (unpaired) electrons. The predicted molar refractivity (Wildman–Crippen MR) is 88.4 cm³/mol. The highest BCUT2D eigenvalue weighted by Gasteiger charge is 2.45. The van der Waals surface area contributed by atoms with E-state index in [0.717, 1.165) is 21.2 Å². The first-order valence-corrected chi connectivity index (χ1v) is 7.57. The summed E-state index contributed by atoms with van der Waals surface area (Å²) in [6.45, 7) is 1.80. The van der Waals surface area contributed by atoms with Crippen LogP contribution in [0.15, 0.2) is 47.2 Å². The summed E-state index contributed by atoms with van der Waals surface area (Å²) >= 11 is 3.42. The van der Waals surface area contributed by atoms with E-state index in [9.17, 15) is 4.79 Å². The number of nitrogens with one attached hydrogen (secondary N) is 2. The van der Waals surface area contributed by atoms with E-state index in [1.165, 1.54) is 4.90 Å². The third-order valence-corrected chi connectivity index (χ3v) is 4.35. The molecule has 112 valence electrons. The van der Waals surface area contributed by atoms with Gasteiger partial charge in [0.1, 0.15) is 5.54 Å². The maximum absolute atomic E-state index is 12.4. The Bertz CT molecular complexity index is 776. The SMILES string of the molecule is CN1C(=N)NC(C)(c2cccc(-c3cncc(Br)c3)c2)C1=O. The van der Waals surface area contributed by atoms with Crippen LogP contribution in [0.3, 0.4) is 0 Å². The number of benzene rings is 1. The van der Waals surface area contributed by atoms with Gasteiger partial charge in [-0.2, -0.15) is 0 Å². The zero-order valence-corrected chi connectivity index (χ0v) is 13.8. The summed E-state index contributed by atoms with van der Waals surface area (Å²) in [5.74, 6) is -0.0240. The van der Waals surface area contributed by atoms with Crippen LogP contribution in [0, 0.1) is 5.41 Å². The molecule has 1 aromatic heterocycles. The van der Waals surface area contributed by atoms with E-state index in [2.05, 4.69) is 26.2 Å². The minimum atomic E-state index is -0.915. The summed E-state index contributed by atoms with van der Waals surface area (Å²) < 4.78 is 0.901. The lowest BCUT2D eigenvalue weighted by Crippen LogP contribution is -2.40. The average Bonchev–Trinajstić information content (AvgIpc) is 2.72. The van der Waals surface area contributed by atoms with Gasteiger partial charge in [-0.25, -0.2) is 0 Å². The third kappa shape index (κ3) is 2.29. The number of nitrogens with zero attached hydrogens (tertiary/aromatic N) is 2. The highest BCUT2D eigenvalue weighted by molar-refractivity contribution is 9.10. The number of guanidine groups is 1. The smallest absolute Gasteiger partial charge is 0.259 e. The molecule has 1 fully saturated rings. The Kier molecular flexibility index (Phi) is 3.48. The summed E-state index contributed by atoms with van der Waals surface area (Å²) in [5, 5.41) is 10.8. The van der Waals surface area contributed by atoms with Crippen LogP contribution in [-0.4, -0.2) is 28.8 Å². The van der Waals surface area contributed by atoms with Crippen molar-refractivity contribution in [1.82, 2.24) is 15.2 Å². The average molecular weight is 359 g/mol. The Morgan fingerprint density at radius 3 is 2.68 bits per heavy atom. The van der Waals surface area contributed by atoms with Crippen LogP contribution >= 0.6 is 15.9 Å². The fourth-order valence-corrected chi connectivity index (χ4v) is 2.95. The molecule has 1 aliphatic heterocycles. The monoisotopic (exact) mass is 358 g/mol.